The number of carbonyl (C=O) groups excluding carboxylic acids is 1. The number of benzene rings is 7. The summed E-state index contributed by atoms with van der Waals surface area (Å²) in [7, 11) is 0. The molecule has 0 N–H and O–H groups in total. The highest BCUT2D eigenvalue weighted by Gasteiger charge is 2.13. The number of anilines is 3. The van der Waals surface area contributed by atoms with Crippen LogP contribution in [0.25, 0.3) is 39.1 Å². The molecule has 0 aliphatic heterocycles. The van der Waals surface area contributed by atoms with Gasteiger partial charge in [0.15, 0.2) is 0 Å². The van der Waals surface area contributed by atoms with Crippen molar-refractivity contribution in [2.75, 3.05) is 4.90 Å². The Bertz CT molecular complexity index is 2040. The topological polar surface area (TPSA) is 29.5 Å². The molecule has 226 valence electrons. The van der Waals surface area contributed by atoms with E-state index in [-0.39, 0.29) is 0 Å². The van der Waals surface area contributed by atoms with Crippen LogP contribution in [0.3, 0.4) is 0 Å². The molecule has 0 unspecified atom stereocenters. The van der Waals surface area contributed by atoms with Gasteiger partial charge in [-0.3, -0.25) is 4.79 Å². The van der Waals surface area contributed by atoms with Gasteiger partial charge in [0.1, 0.15) is 12.9 Å². The highest BCUT2D eigenvalue weighted by atomic mass is 16.5. The first kappa shape index (κ1) is 29.5. The minimum absolute atomic E-state index is 0.319. The SMILES string of the molecule is O=Cc1cc2ccccc2cc1CO/C=C\c1ccc(N(c2ccc(-c3ccccc3)cc2)c2ccc(-c3ccccc3)cc2)cc1. The Morgan fingerprint density at radius 1 is 0.489 bits per heavy atom. The highest BCUT2D eigenvalue weighted by molar-refractivity contribution is 5.90. The predicted octanol–water partition coefficient (Wildman–Crippen LogP) is 11.6. The number of ether oxygens (including phenoxy) is 1. The quantitative estimate of drug-likeness (QED) is 0.114. The van der Waals surface area contributed by atoms with Gasteiger partial charge in [-0.15, -0.1) is 0 Å². The van der Waals surface area contributed by atoms with Crippen LogP contribution in [0.5, 0.6) is 0 Å². The summed E-state index contributed by atoms with van der Waals surface area (Å²) in [5.74, 6) is 0. The smallest absolute Gasteiger partial charge is 0.150 e. The number of rotatable bonds is 10. The van der Waals surface area contributed by atoms with Crippen LogP contribution in [0, 0.1) is 0 Å². The monoisotopic (exact) mass is 607 g/mol. The summed E-state index contributed by atoms with van der Waals surface area (Å²) in [6.45, 7) is 0.319. The Balaban J connectivity index is 1.12. The van der Waals surface area contributed by atoms with Crippen LogP contribution in [0.15, 0.2) is 176 Å². The van der Waals surface area contributed by atoms with Crippen LogP contribution in [0.2, 0.25) is 0 Å². The highest BCUT2D eigenvalue weighted by Crippen LogP contribution is 2.37. The number of fused-ring (bicyclic) bond motifs is 1. The molecule has 0 bridgehead atoms. The van der Waals surface area contributed by atoms with Gasteiger partial charge in [-0.05, 0) is 93.2 Å². The summed E-state index contributed by atoms with van der Waals surface area (Å²) in [6.07, 6.45) is 4.53. The van der Waals surface area contributed by atoms with Crippen molar-refractivity contribution in [1.29, 1.82) is 0 Å². The van der Waals surface area contributed by atoms with Gasteiger partial charge in [0.05, 0.1) is 6.26 Å². The fourth-order valence-electron chi connectivity index (χ4n) is 5.85. The molecule has 0 atom stereocenters. The van der Waals surface area contributed by atoms with Crippen molar-refractivity contribution < 1.29 is 9.53 Å². The minimum Gasteiger partial charge on any atom is -0.496 e. The first-order valence-electron chi connectivity index (χ1n) is 15.7. The Morgan fingerprint density at radius 3 is 1.45 bits per heavy atom. The third-order valence-electron chi connectivity index (χ3n) is 8.35. The molecule has 0 aromatic heterocycles. The van der Waals surface area contributed by atoms with E-state index in [1.54, 1.807) is 6.26 Å². The second-order valence-electron chi connectivity index (χ2n) is 11.4. The third kappa shape index (κ3) is 6.75. The van der Waals surface area contributed by atoms with Crippen molar-refractivity contribution in [1.82, 2.24) is 0 Å². The third-order valence-corrected chi connectivity index (χ3v) is 8.35. The van der Waals surface area contributed by atoms with E-state index in [1.807, 2.05) is 54.6 Å². The van der Waals surface area contributed by atoms with Gasteiger partial charge in [-0.25, -0.2) is 0 Å². The van der Waals surface area contributed by atoms with Crippen LogP contribution >= 0.6 is 0 Å². The summed E-state index contributed by atoms with van der Waals surface area (Å²) in [5, 5.41) is 2.13. The van der Waals surface area contributed by atoms with Crippen molar-refractivity contribution >= 4 is 40.2 Å². The fourth-order valence-corrected chi connectivity index (χ4v) is 5.85. The van der Waals surface area contributed by atoms with Gasteiger partial charge in [0.25, 0.3) is 0 Å². The van der Waals surface area contributed by atoms with E-state index in [1.165, 1.54) is 22.3 Å². The van der Waals surface area contributed by atoms with E-state index < -0.39 is 0 Å². The molecule has 0 aliphatic rings. The maximum Gasteiger partial charge on any atom is 0.150 e. The molecule has 0 spiro atoms. The van der Waals surface area contributed by atoms with Crippen molar-refractivity contribution in [2.45, 2.75) is 6.61 Å². The molecule has 7 aromatic rings. The van der Waals surface area contributed by atoms with E-state index in [2.05, 4.69) is 126 Å². The van der Waals surface area contributed by atoms with Crippen LogP contribution in [0.1, 0.15) is 21.5 Å². The average molecular weight is 608 g/mol. The van der Waals surface area contributed by atoms with E-state index >= 15 is 0 Å². The summed E-state index contributed by atoms with van der Waals surface area (Å²) < 4.78 is 5.88. The first-order chi connectivity index (χ1) is 23.2. The van der Waals surface area contributed by atoms with E-state index in [4.69, 9.17) is 4.74 Å². The number of carbonyl (C=O) groups is 1. The average Bonchev–Trinajstić information content (AvgIpc) is 3.15. The van der Waals surface area contributed by atoms with Crippen molar-refractivity contribution in [3.8, 4) is 22.3 Å². The summed E-state index contributed by atoms with van der Waals surface area (Å²) in [4.78, 5) is 14.0. The number of nitrogens with zero attached hydrogens (tertiary/aromatic N) is 1. The summed E-state index contributed by atoms with van der Waals surface area (Å²) in [5.41, 5.74) is 10.5. The lowest BCUT2D eigenvalue weighted by Gasteiger charge is -2.26. The van der Waals surface area contributed by atoms with Gasteiger partial charge in [0, 0.05) is 28.2 Å². The van der Waals surface area contributed by atoms with Gasteiger partial charge in [0.2, 0.25) is 0 Å². The molecule has 0 saturated heterocycles. The number of hydrogen-bond acceptors (Lipinski definition) is 3. The van der Waals surface area contributed by atoms with Crippen LogP contribution in [-0.4, -0.2) is 6.29 Å². The van der Waals surface area contributed by atoms with Gasteiger partial charge in [-0.1, -0.05) is 121 Å². The minimum atomic E-state index is 0.319. The largest absolute Gasteiger partial charge is 0.496 e. The molecule has 0 heterocycles. The molecule has 0 radical (unpaired) electrons. The van der Waals surface area contributed by atoms with Gasteiger partial charge >= 0.3 is 0 Å². The standard InChI is InChI=1S/C44H33NO2/c46-31-40-29-38-13-7-8-14-39(38)30-41(40)32-47-28-27-33-15-21-42(22-16-33)45(43-23-17-36(18-24-43)34-9-3-1-4-10-34)44-25-19-37(20-26-44)35-11-5-2-6-12-35/h1-31H,32H2/b28-27-. The number of hydrogen-bond donors (Lipinski definition) is 0. The molecule has 7 aromatic carbocycles. The lowest BCUT2D eigenvalue weighted by Crippen LogP contribution is -2.09. The molecule has 0 amide bonds. The van der Waals surface area contributed by atoms with E-state index in [0.717, 1.165) is 45.2 Å². The lowest BCUT2D eigenvalue weighted by molar-refractivity contribution is 0.112. The second-order valence-corrected chi connectivity index (χ2v) is 11.4. The molecular weight excluding hydrogens is 574 g/mol. The molecule has 0 fully saturated rings. The van der Waals surface area contributed by atoms with Gasteiger partial charge in [-0.2, -0.15) is 0 Å². The zero-order chi connectivity index (χ0) is 31.8. The van der Waals surface area contributed by atoms with Crippen LogP contribution in [0.4, 0.5) is 17.1 Å². The molecule has 0 saturated carbocycles. The second kappa shape index (κ2) is 13.8. The Morgan fingerprint density at radius 2 is 0.936 bits per heavy atom. The fraction of sp³-hybridized carbons (Fsp3) is 0.0227. The predicted molar refractivity (Wildman–Crippen MR) is 195 cm³/mol. The normalized spacial score (nSPS) is 11.1. The van der Waals surface area contributed by atoms with Crippen molar-refractivity contribution in [3.63, 3.8) is 0 Å². The Labute approximate surface area is 275 Å². The molecule has 0 aliphatic carbocycles. The van der Waals surface area contributed by atoms with Crippen molar-refractivity contribution in [3.05, 3.63) is 193 Å². The zero-order valence-electron chi connectivity index (χ0n) is 25.9. The summed E-state index contributed by atoms with van der Waals surface area (Å²) >= 11 is 0. The molecule has 7 rings (SSSR count). The molecule has 47 heavy (non-hydrogen) atoms. The first-order valence-corrected chi connectivity index (χ1v) is 15.7. The Kier molecular flexibility index (Phi) is 8.70. The molecule has 3 nitrogen and oxygen atoms in total. The van der Waals surface area contributed by atoms with E-state index in [0.29, 0.717) is 12.2 Å². The van der Waals surface area contributed by atoms with Crippen LogP contribution in [-0.2, 0) is 11.3 Å². The Hall–Kier alpha value is -6.19. The maximum atomic E-state index is 11.7. The molecule has 3 heteroatoms. The van der Waals surface area contributed by atoms with Crippen molar-refractivity contribution in [2.24, 2.45) is 0 Å². The lowest BCUT2D eigenvalue weighted by atomic mass is 10.0. The zero-order valence-corrected chi connectivity index (χ0v) is 25.9. The van der Waals surface area contributed by atoms with E-state index in [9.17, 15) is 4.79 Å². The van der Waals surface area contributed by atoms with Crippen LogP contribution < -0.4 is 4.90 Å². The summed E-state index contributed by atoms with van der Waals surface area (Å²) in [6, 6.07) is 58.7. The van der Waals surface area contributed by atoms with Gasteiger partial charge < -0.3 is 9.64 Å². The number of aldehydes is 1. The maximum absolute atomic E-state index is 11.7. The molecular formula is C44H33NO2.